The molecule has 0 amide bonds. The molecule has 0 aliphatic carbocycles. The molecule has 0 saturated carbocycles. The minimum Gasteiger partial charge on any atom is -0.494 e. The van der Waals surface area contributed by atoms with E-state index in [-0.39, 0.29) is 11.1 Å². The Morgan fingerprint density at radius 1 is 1.44 bits per heavy atom. The fourth-order valence-corrected chi connectivity index (χ4v) is 1.90. The fraction of sp³-hybridized carbons (Fsp3) is 0.333. The van der Waals surface area contributed by atoms with Crippen LogP contribution >= 0.6 is 11.8 Å². The molecule has 0 aliphatic heterocycles. The van der Waals surface area contributed by atoms with Gasteiger partial charge in [-0.3, -0.25) is 5.41 Å². The quantitative estimate of drug-likeness (QED) is 0.429. The van der Waals surface area contributed by atoms with Gasteiger partial charge in [0, 0.05) is 5.75 Å². The van der Waals surface area contributed by atoms with E-state index < -0.39 is 0 Å². The second-order valence-corrected chi connectivity index (χ2v) is 4.79. The highest BCUT2D eigenvalue weighted by molar-refractivity contribution is 8.13. The third kappa shape index (κ3) is 6.15. The van der Waals surface area contributed by atoms with Gasteiger partial charge in [-0.05, 0) is 31.0 Å². The number of thioether (sulfide) groups is 1. The molecule has 1 aromatic rings. The summed E-state index contributed by atoms with van der Waals surface area (Å²) in [6.45, 7) is 2.64. The van der Waals surface area contributed by atoms with Gasteiger partial charge in [0.05, 0.1) is 6.61 Å². The lowest BCUT2D eigenvalue weighted by Crippen LogP contribution is -2.23. The summed E-state index contributed by atoms with van der Waals surface area (Å²) in [4.78, 5) is 3.62. The van der Waals surface area contributed by atoms with Crippen molar-refractivity contribution in [2.75, 3.05) is 12.4 Å². The van der Waals surface area contributed by atoms with Gasteiger partial charge in [0.15, 0.2) is 11.1 Å². The summed E-state index contributed by atoms with van der Waals surface area (Å²) in [6.07, 6.45) is 0.834. The van der Waals surface area contributed by atoms with E-state index >= 15 is 0 Å². The summed E-state index contributed by atoms with van der Waals surface area (Å²) < 4.78 is 5.58. The first-order valence-corrected chi connectivity index (χ1v) is 6.57. The number of aryl methyl sites for hydroxylation is 1. The maximum absolute atomic E-state index is 7.42. The average Bonchev–Trinajstić information content (AvgIpc) is 2.27. The van der Waals surface area contributed by atoms with Crippen LogP contribution in [-0.2, 0) is 0 Å². The topological polar surface area (TPSA) is 97.5 Å². The van der Waals surface area contributed by atoms with Crippen molar-refractivity contribution in [3.05, 3.63) is 29.8 Å². The molecule has 0 radical (unpaired) electrons. The Kier molecular flexibility index (Phi) is 6.07. The molecule has 0 saturated heterocycles. The fourth-order valence-electron chi connectivity index (χ4n) is 1.27. The largest absolute Gasteiger partial charge is 0.494 e. The number of nitrogens with zero attached hydrogens (tertiary/aromatic N) is 1. The second-order valence-electron chi connectivity index (χ2n) is 3.71. The molecular formula is C12H18N4OS. The molecule has 1 rings (SSSR count). The smallest absolute Gasteiger partial charge is 0.193 e. The zero-order chi connectivity index (χ0) is 13.4. The molecule has 0 aromatic heterocycles. The van der Waals surface area contributed by atoms with Crippen LogP contribution in [0.15, 0.2) is 29.3 Å². The maximum Gasteiger partial charge on any atom is 0.193 e. The van der Waals surface area contributed by atoms with Crippen molar-refractivity contribution >= 4 is 22.9 Å². The molecular weight excluding hydrogens is 248 g/mol. The highest BCUT2D eigenvalue weighted by Crippen LogP contribution is 2.13. The number of benzene rings is 1. The SMILES string of the molecule is Cc1cccc(OCCCSC(=N)N=C(N)N)c1. The van der Waals surface area contributed by atoms with Crippen molar-refractivity contribution in [2.45, 2.75) is 13.3 Å². The van der Waals surface area contributed by atoms with Crippen molar-refractivity contribution in [3.8, 4) is 5.75 Å². The first kappa shape index (κ1) is 14.4. The second kappa shape index (κ2) is 7.60. The predicted molar refractivity (Wildman–Crippen MR) is 77.3 cm³/mol. The molecule has 0 aliphatic rings. The number of amidine groups is 1. The van der Waals surface area contributed by atoms with Gasteiger partial charge in [0.25, 0.3) is 0 Å². The molecule has 1 aromatic carbocycles. The van der Waals surface area contributed by atoms with E-state index in [4.69, 9.17) is 21.6 Å². The monoisotopic (exact) mass is 266 g/mol. The van der Waals surface area contributed by atoms with E-state index in [1.807, 2.05) is 31.2 Å². The van der Waals surface area contributed by atoms with E-state index in [1.165, 1.54) is 17.3 Å². The van der Waals surface area contributed by atoms with Gasteiger partial charge in [-0.15, -0.1) is 0 Å². The summed E-state index contributed by atoms with van der Waals surface area (Å²) in [6, 6.07) is 7.92. The number of guanidine groups is 1. The number of hydrogen-bond acceptors (Lipinski definition) is 3. The van der Waals surface area contributed by atoms with Crippen molar-refractivity contribution in [2.24, 2.45) is 16.5 Å². The third-order valence-corrected chi connectivity index (χ3v) is 2.87. The third-order valence-electron chi connectivity index (χ3n) is 2.02. The van der Waals surface area contributed by atoms with Crippen LogP contribution in [0.2, 0.25) is 0 Å². The van der Waals surface area contributed by atoms with Gasteiger partial charge in [0.2, 0.25) is 0 Å². The summed E-state index contributed by atoms with van der Waals surface area (Å²) in [5, 5.41) is 7.55. The molecule has 6 heteroatoms. The van der Waals surface area contributed by atoms with Crippen LogP contribution in [0.4, 0.5) is 0 Å². The molecule has 0 fully saturated rings. The molecule has 5 N–H and O–H groups in total. The van der Waals surface area contributed by atoms with E-state index in [9.17, 15) is 0 Å². The van der Waals surface area contributed by atoms with Gasteiger partial charge < -0.3 is 16.2 Å². The molecule has 0 spiro atoms. The summed E-state index contributed by atoms with van der Waals surface area (Å²) in [7, 11) is 0. The van der Waals surface area contributed by atoms with Gasteiger partial charge >= 0.3 is 0 Å². The Morgan fingerprint density at radius 3 is 2.89 bits per heavy atom. The Bertz CT molecular complexity index is 430. The normalized spacial score (nSPS) is 9.83. The summed E-state index contributed by atoms with van der Waals surface area (Å²) >= 11 is 1.30. The van der Waals surface area contributed by atoms with E-state index in [1.54, 1.807) is 0 Å². The number of nitrogens with two attached hydrogens (primary N) is 2. The summed E-state index contributed by atoms with van der Waals surface area (Å²) in [5.41, 5.74) is 11.5. The molecule has 5 nitrogen and oxygen atoms in total. The molecule has 0 atom stereocenters. The first-order chi connectivity index (χ1) is 8.58. The summed E-state index contributed by atoms with van der Waals surface area (Å²) in [5.74, 6) is 1.55. The lowest BCUT2D eigenvalue weighted by molar-refractivity contribution is 0.318. The number of ether oxygens (including phenoxy) is 1. The Balaban J connectivity index is 2.16. The van der Waals surface area contributed by atoms with Gasteiger partial charge in [0.1, 0.15) is 5.75 Å². The van der Waals surface area contributed by atoms with Crippen LogP contribution in [-0.4, -0.2) is 23.5 Å². The van der Waals surface area contributed by atoms with E-state index in [2.05, 4.69) is 4.99 Å². The number of hydrogen-bond donors (Lipinski definition) is 3. The minimum absolute atomic E-state index is 0.0801. The molecule has 98 valence electrons. The Hall–Kier alpha value is -1.69. The molecule has 0 bridgehead atoms. The predicted octanol–water partition coefficient (Wildman–Crippen LogP) is 1.71. The Labute approximate surface area is 111 Å². The maximum atomic E-state index is 7.42. The lowest BCUT2D eigenvalue weighted by atomic mass is 10.2. The van der Waals surface area contributed by atoms with Gasteiger partial charge in [-0.2, -0.15) is 4.99 Å². The van der Waals surface area contributed by atoms with Crippen LogP contribution in [0, 0.1) is 12.3 Å². The van der Waals surface area contributed by atoms with Crippen molar-refractivity contribution in [3.63, 3.8) is 0 Å². The van der Waals surface area contributed by atoms with Crippen LogP contribution in [0.25, 0.3) is 0 Å². The number of aliphatic imine (C=N–C) groups is 1. The van der Waals surface area contributed by atoms with Crippen LogP contribution < -0.4 is 16.2 Å². The van der Waals surface area contributed by atoms with Crippen molar-refractivity contribution in [1.29, 1.82) is 5.41 Å². The molecule has 18 heavy (non-hydrogen) atoms. The highest BCUT2D eigenvalue weighted by atomic mass is 32.2. The molecule has 0 unspecified atom stereocenters. The standard InChI is InChI=1S/C12H18N4OS/c1-9-4-2-5-10(8-9)17-6-3-7-18-12(15)16-11(13)14/h2,4-5,8H,3,6-7H2,1H3,(H5,13,14,15,16). The van der Waals surface area contributed by atoms with E-state index in [0.717, 1.165) is 17.9 Å². The van der Waals surface area contributed by atoms with Gasteiger partial charge in [-0.25, -0.2) is 0 Å². The zero-order valence-electron chi connectivity index (χ0n) is 10.3. The lowest BCUT2D eigenvalue weighted by Gasteiger charge is -2.06. The average molecular weight is 266 g/mol. The van der Waals surface area contributed by atoms with Gasteiger partial charge in [-0.1, -0.05) is 23.9 Å². The highest BCUT2D eigenvalue weighted by Gasteiger charge is 1.97. The molecule has 0 heterocycles. The van der Waals surface area contributed by atoms with E-state index in [0.29, 0.717) is 6.61 Å². The number of rotatable bonds is 5. The van der Waals surface area contributed by atoms with Crippen molar-refractivity contribution in [1.82, 2.24) is 0 Å². The Morgan fingerprint density at radius 2 is 2.22 bits per heavy atom. The van der Waals surface area contributed by atoms with Crippen molar-refractivity contribution < 1.29 is 4.74 Å². The minimum atomic E-state index is -0.0801. The number of nitrogens with one attached hydrogen (secondary N) is 1. The first-order valence-electron chi connectivity index (χ1n) is 5.58. The zero-order valence-corrected chi connectivity index (χ0v) is 11.2. The van der Waals surface area contributed by atoms with Crippen LogP contribution in [0.1, 0.15) is 12.0 Å². The van der Waals surface area contributed by atoms with Crippen LogP contribution in [0.5, 0.6) is 5.75 Å². The van der Waals surface area contributed by atoms with Crippen LogP contribution in [0.3, 0.4) is 0 Å².